The van der Waals surface area contributed by atoms with Crippen LogP contribution in [0.4, 0.5) is 0 Å². The quantitative estimate of drug-likeness (QED) is 0.225. The fourth-order valence-electron chi connectivity index (χ4n) is 2.28. The van der Waals surface area contributed by atoms with E-state index in [4.69, 9.17) is 14.7 Å². The number of nitrogens with zero attached hydrogens (tertiary/aromatic N) is 3. The molecule has 0 atom stereocenters. The number of ketones is 2. The third-order valence-electron chi connectivity index (χ3n) is 3.49. The van der Waals surface area contributed by atoms with Crippen molar-refractivity contribution in [2.45, 2.75) is 0 Å². The number of hydrogen-bond donors (Lipinski definition) is 1. The smallest absolute Gasteiger partial charge is 0.820 e. The Bertz CT molecular complexity index is 550. The molecule has 0 aromatic rings. The number of allylic oxidation sites excluding steroid dienone is 1. The van der Waals surface area contributed by atoms with Crippen LogP contribution in [0.2, 0.25) is 0 Å². The van der Waals surface area contributed by atoms with Gasteiger partial charge >= 0.3 is 20.4 Å². The molecule has 0 amide bonds. The minimum Gasteiger partial charge on any atom is -0.820 e. The Balaban J connectivity index is 0.000000319. The van der Waals surface area contributed by atoms with Gasteiger partial charge in [-0.2, -0.15) is 8.60 Å². The van der Waals surface area contributed by atoms with Crippen LogP contribution in [0.3, 0.4) is 0 Å². The summed E-state index contributed by atoms with van der Waals surface area (Å²) < 4.78 is 0. The Kier molecular flexibility index (Phi) is 5.38. The van der Waals surface area contributed by atoms with Gasteiger partial charge in [-0.25, -0.2) is 0 Å². The first-order chi connectivity index (χ1) is 9.99. The fraction of sp³-hybridized carbons (Fsp3) is 0.500. The molecular weight excluding hydrogens is 404 g/mol. The second-order valence-corrected chi connectivity index (χ2v) is 5.59. The van der Waals surface area contributed by atoms with Crippen molar-refractivity contribution in [3.8, 4) is 0 Å². The molecule has 0 unspecified atom stereocenters. The van der Waals surface area contributed by atoms with E-state index in [0.29, 0.717) is 17.1 Å². The van der Waals surface area contributed by atoms with Crippen molar-refractivity contribution in [1.29, 1.82) is 0 Å². The van der Waals surface area contributed by atoms with Crippen LogP contribution in [0.25, 0.3) is 0 Å². The van der Waals surface area contributed by atoms with Gasteiger partial charge in [-0.15, -0.1) is 0 Å². The minimum atomic E-state index is -3.12. The molecule has 3 aliphatic heterocycles. The standard InChI is InChI=1S/C12H13N3O2.HO3P.Pd/c16-9-7-8(13-1-2-13)12(17)11(15-5-6-15)10(9)14-3-4-14;1-4(2)3;/h7H,1-6H2;1H;/q;-2;+2. The maximum Gasteiger partial charge on any atom is 2.00 e. The Morgan fingerprint density at radius 2 is 1.32 bits per heavy atom. The molecule has 0 aromatic heterocycles. The van der Waals surface area contributed by atoms with Gasteiger partial charge in [0, 0.05) is 45.3 Å². The third-order valence-corrected chi connectivity index (χ3v) is 3.49. The molecule has 0 radical (unpaired) electrons. The SMILES string of the molecule is O=C1C=C(N2CC2)C(=O)C(N2CC2)=C1N1CC1.[O-]P([O-])O.[Pd+2]. The van der Waals surface area contributed by atoms with E-state index in [9.17, 15) is 9.59 Å². The van der Waals surface area contributed by atoms with Gasteiger partial charge in [-0.05, 0) is 0 Å². The van der Waals surface area contributed by atoms with E-state index < -0.39 is 8.60 Å². The Morgan fingerprint density at radius 1 is 0.909 bits per heavy atom. The molecule has 1 aliphatic carbocycles. The molecule has 22 heavy (non-hydrogen) atoms. The van der Waals surface area contributed by atoms with E-state index in [-0.39, 0.29) is 32.0 Å². The summed E-state index contributed by atoms with van der Waals surface area (Å²) >= 11 is 0. The van der Waals surface area contributed by atoms with Gasteiger partial charge < -0.3 is 29.4 Å². The van der Waals surface area contributed by atoms with Crippen LogP contribution in [0, 0.1) is 0 Å². The van der Waals surface area contributed by atoms with Crippen LogP contribution in [0.15, 0.2) is 23.2 Å². The van der Waals surface area contributed by atoms with E-state index in [0.717, 1.165) is 39.3 Å². The Hall–Kier alpha value is -0.808. The first-order valence-corrected chi connectivity index (χ1v) is 7.75. The van der Waals surface area contributed by atoms with Crippen molar-refractivity contribution in [3.63, 3.8) is 0 Å². The Morgan fingerprint density at radius 3 is 1.73 bits per heavy atom. The molecule has 10 heteroatoms. The molecule has 0 aromatic carbocycles. The number of carbonyl (C=O) groups excluding carboxylic acids is 2. The van der Waals surface area contributed by atoms with Crippen molar-refractivity contribution in [2.24, 2.45) is 0 Å². The van der Waals surface area contributed by atoms with Crippen molar-refractivity contribution in [3.05, 3.63) is 23.2 Å². The van der Waals surface area contributed by atoms with Crippen molar-refractivity contribution < 1.29 is 44.7 Å². The molecule has 4 rings (SSSR count). The number of Topliss-reactive ketones (excluding diaryl/α,β-unsaturated/α-hetero) is 1. The van der Waals surface area contributed by atoms with Crippen molar-refractivity contribution in [2.75, 3.05) is 39.3 Å². The molecule has 3 saturated heterocycles. The number of carbonyl (C=O) groups is 2. The molecular formula is C12H14N3O5PPd. The van der Waals surface area contributed by atoms with E-state index >= 15 is 0 Å². The van der Waals surface area contributed by atoms with E-state index in [1.54, 1.807) is 0 Å². The van der Waals surface area contributed by atoms with Gasteiger partial charge in [-0.1, -0.05) is 0 Å². The van der Waals surface area contributed by atoms with Crippen LogP contribution in [0.1, 0.15) is 0 Å². The van der Waals surface area contributed by atoms with Crippen LogP contribution in [-0.4, -0.2) is 70.4 Å². The molecule has 122 valence electrons. The van der Waals surface area contributed by atoms with Crippen LogP contribution >= 0.6 is 8.60 Å². The summed E-state index contributed by atoms with van der Waals surface area (Å²) in [6, 6.07) is 0. The molecule has 1 N–H and O–H groups in total. The summed E-state index contributed by atoms with van der Waals surface area (Å²) in [6.07, 6.45) is 1.52. The zero-order chi connectivity index (χ0) is 15.1. The van der Waals surface area contributed by atoms with Crippen LogP contribution < -0.4 is 9.79 Å². The molecule has 0 saturated carbocycles. The first kappa shape index (κ1) is 17.5. The average molecular weight is 418 g/mol. The molecule has 4 aliphatic rings. The molecule has 0 bridgehead atoms. The van der Waals surface area contributed by atoms with Crippen molar-refractivity contribution in [1.82, 2.24) is 14.7 Å². The van der Waals surface area contributed by atoms with Gasteiger partial charge in [0.1, 0.15) is 11.4 Å². The third kappa shape index (κ3) is 3.93. The molecule has 3 fully saturated rings. The summed E-state index contributed by atoms with van der Waals surface area (Å²) in [5, 5.41) is 0. The maximum atomic E-state index is 12.4. The molecule has 3 heterocycles. The summed E-state index contributed by atoms with van der Waals surface area (Å²) in [5.74, 6) is 0.0485. The van der Waals surface area contributed by atoms with Gasteiger partial charge in [0.15, 0.2) is 0 Å². The largest absolute Gasteiger partial charge is 2.00 e. The van der Waals surface area contributed by atoms with Gasteiger partial charge in [-0.3, -0.25) is 9.59 Å². The zero-order valence-corrected chi connectivity index (χ0v) is 14.0. The second kappa shape index (κ2) is 6.75. The van der Waals surface area contributed by atoms with Gasteiger partial charge in [0.2, 0.25) is 11.6 Å². The summed E-state index contributed by atoms with van der Waals surface area (Å²) in [4.78, 5) is 54.7. The minimum absolute atomic E-state index is 0. The number of hydrogen-bond acceptors (Lipinski definition) is 8. The monoisotopic (exact) mass is 417 g/mol. The predicted molar refractivity (Wildman–Crippen MR) is 69.0 cm³/mol. The first-order valence-electron chi connectivity index (χ1n) is 6.62. The van der Waals surface area contributed by atoms with Gasteiger partial charge in [0.25, 0.3) is 0 Å². The van der Waals surface area contributed by atoms with E-state index in [2.05, 4.69) is 0 Å². The predicted octanol–water partition coefficient (Wildman–Crippen LogP) is -2.90. The topological polar surface area (TPSA) is 110 Å². The van der Waals surface area contributed by atoms with Crippen LogP contribution in [-0.2, 0) is 30.0 Å². The van der Waals surface area contributed by atoms with Crippen LogP contribution in [0.5, 0.6) is 0 Å². The fourth-order valence-corrected chi connectivity index (χ4v) is 2.28. The van der Waals surface area contributed by atoms with E-state index in [1.807, 2.05) is 14.7 Å². The molecule has 0 spiro atoms. The number of rotatable bonds is 3. The average Bonchev–Trinajstić information content (AvgIpc) is 3.26. The summed E-state index contributed by atoms with van der Waals surface area (Å²) in [5.41, 5.74) is 1.89. The maximum absolute atomic E-state index is 12.4. The van der Waals surface area contributed by atoms with Gasteiger partial charge in [0.05, 0.1) is 5.70 Å². The second-order valence-electron chi connectivity index (χ2n) is 5.12. The Labute approximate surface area is 142 Å². The molecule has 8 nitrogen and oxygen atoms in total. The van der Waals surface area contributed by atoms with Crippen molar-refractivity contribution >= 4 is 20.2 Å². The summed E-state index contributed by atoms with van der Waals surface area (Å²) in [7, 11) is -3.12. The summed E-state index contributed by atoms with van der Waals surface area (Å²) in [6.45, 7) is 5.41. The van der Waals surface area contributed by atoms with E-state index in [1.165, 1.54) is 6.08 Å². The zero-order valence-electron chi connectivity index (χ0n) is 11.5. The normalized spacial score (nSPS) is 22.2.